The second kappa shape index (κ2) is 38.1. The van der Waals surface area contributed by atoms with Crippen LogP contribution in [0.15, 0.2) is 12.2 Å². The van der Waals surface area contributed by atoms with E-state index in [1.807, 2.05) is 41.5 Å². The van der Waals surface area contributed by atoms with E-state index in [2.05, 4.69) is 5.32 Å². The van der Waals surface area contributed by atoms with Gasteiger partial charge >= 0.3 is 0 Å². The number of hydrogen-bond acceptors (Lipinski definition) is 15. The molecule has 1 rings (SSSR count). The van der Waals surface area contributed by atoms with Crippen molar-refractivity contribution in [1.29, 1.82) is 0 Å². The molecule has 8 amide bonds. The number of aliphatic hydroxyl groups excluding tert-OH is 2. The third-order valence-electron chi connectivity index (χ3n) is 18.3. The Labute approximate surface area is 551 Å². The molecule has 92 heavy (non-hydrogen) atoms. The number of ketones is 3. The minimum absolute atomic E-state index is 0.0270. The number of carbonyl (C=O) groups excluding carboxylic acids is 11. The molecule has 0 saturated carbocycles. The smallest absolute Gasteiger partial charge is 0.246 e. The number of rotatable bonds is 19. The van der Waals surface area contributed by atoms with Crippen LogP contribution in [0.4, 0.5) is 0 Å². The summed E-state index contributed by atoms with van der Waals surface area (Å²) in [4.78, 5) is 172. The van der Waals surface area contributed by atoms with E-state index < -0.39 is 189 Å². The van der Waals surface area contributed by atoms with Crippen molar-refractivity contribution < 1.29 is 71.4 Å². The Hall–Kier alpha value is -5.62. The summed E-state index contributed by atoms with van der Waals surface area (Å²) in [6, 6.07) is -10.7. The van der Waals surface area contributed by atoms with Gasteiger partial charge in [-0.1, -0.05) is 116 Å². The van der Waals surface area contributed by atoms with Crippen molar-refractivity contribution in [3.8, 4) is 0 Å². The third-order valence-corrected chi connectivity index (χ3v) is 19.4. The van der Waals surface area contributed by atoms with Crippen LogP contribution >= 0.6 is 0 Å². The van der Waals surface area contributed by atoms with Crippen LogP contribution in [0.5, 0.6) is 0 Å². The first-order valence-corrected chi connectivity index (χ1v) is 35.3. The molecule has 1 fully saturated rings. The molecular weight excluding hydrogens is 1200 g/mol. The Kier molecular flexibility index (Phi) is 34.9. The number of Topliss-reactive ketones (excluding diaryl/α,β-unsaturated/α-hetero) is 3. The average molecular weight is 1320 g/mol. The zero-order chi connectivity index (χ0) is 71.5. The van der Waals surface area contributed by atoms with Gasteiger partial charge in [0.05, 0.1) is 23.9 Å². The molecule has 1 heterocycles. The van der Waals surface area contributed by atoms with Gasteiger partial charge in [-0.3, -0.25) is 52.7 Å². The Morgan fingerprint density at radius 2 is 0.957 bits per heavy atom. The van der Waals surface area contributed by atoms with Gasteiger partial charge in [-0.15, -0.1) is 0 Å². The molecule has 14 atom stereocenters. The van der Waals surface area contributed by atoms with E-state index in [4.69, 9.17) is 0 Å². The number of hydrogen-bond donors (Lipinski definition) is 3. The summed E-state index contributed by atoms with van der Waals surface area (Å²) in [6.07, 6.45) is 2.32. The molecule has 1 saturated heterocycles. The first-order chi connectivity index (χ1) is 42.4. The van der Waals surface area contributed by atoms with E-state index in [0.717, 1.165) is 21.0 Å². The van der Waals surface area contributed by atoms with Crippen molar-refractivity contribution in [2.45, 2.75) is 229 Å². The second-order valence-corrected chi connectivity index (χ2v) is 30.7. The Bertz CT molecular complexity index is 2660. The monoisotopic (exact) mass is 1320 g/mol. The fourth-order valence-electron chi connectivity index (χ4n) is 12.7. The Morgan fingerprint density at radius 3 is 1.41 bits per heavy atom. The summed E-state index contributed by atoms with van der Waals surface area (Å²) < 4.78 is 26.0. The molecule has 23 nitrogen and oxygen atoms in total. The van der Waals surface area contributed by atoms with E-state index in [1.54, 1.807) is 74.5 Å². The minimum Gasteiger partial charge on any atom is -0.396 e. The molecular formula is C68H120N8O15S. The maximum atomic E-state index is 15.3. The van der Waals surface area contributed by atoms with Crippen LogP contribution in [0.2, 0.25) is 0 Å². The minimum atomic E-state index is -3.82. The van der Waals surface area contributed by atoms with Crippen LogP contribution in [0.3, 0.4) is 0 Å². The van der Waals surface area contributed by atoms with E-state index in [1.165, 1.54) is 75.9 Å². The second-order valence-electron chi connectivity index (χ2n) is 28.5. The largest absolute Gasteiger partial charge is 0.396 e. The fourth-order valence-corrected chi connectivity index (χ4v) is 13.8. The van der Waals surface area contributed by atoms with Crippen LogP contribution in [0.1, 0.15) is 175 Å². The maximum absolute atomic E-state index is 15.3. The van der Waals surface area contributed by atoms with Crippen molar-refractivity contribution in [1.82, 2.24) is 39.6 Å². The molecule has 528 valence electrons. The van der Waals surface area contributed by atoms with E-state index in [0.29, 0.717) is 0 Å². The lowest BCUT2D eigenvalue weighted by Crippen LogP contribution is -2.64. The molecule has 0 bridgehead atoms. The van der Waals surface area contributed by atoms with Crippen LogP contribution in [0.25, 0.3) is 0 Å². The summed E-state index contributed by atoms with van der Waals surface area (Å²) in [5.74, 6) is -14.1. The van der Waals surface area contributed by atoms with Crippen molar-refractivity contribution >= 4 is 74.4 Å². The van der Waals surface area contributed by atoms with Crippen molar-refractivity contribution in [2.24, 2.45) is 59.2 Å². The highest BCUT2D eigenvalue weighted by molar-refractivity contribution is 7.90. The van der Waals surface area contributed by atoms with Gasteiger partial charge < -0.3 is 49.8 Å². The Balaban J connectivity index is 4.57. The zero-order valence-corrected chi connectivity index (χ0v) is 61.2. The molecule has 1 unspecified atom stereocenters. The van der Waals surface area contributed by atoms with Gasteiger partial charge in [-0.05, 0) is 93.3 Å². The van der Waals surface area contributed by atoms with Gasteiger partial charge in [-0.25, -0.2) is 8.42 Å². The predicted molar refractivity (Wildman–Crippen MR) is 357 cm³/mol. The first kappa shape index (κ1) is 84.4. The van der Waals surface area contributed by atoms with Gasteiger partial charge in [0.25, 0.3) is 0 Å². The summed E-state index contributed by atoms with van der Waals surface area (Å²) in [5.41, 5.74) is 0. The molecule has 0 radical (unpaired) electrons. The SMILES string of the molecule is C/C=C/C[C@@H](C)[C@@H](O)C1C(=O)N[C@@H](CC)C(=O)N(C)[C@H](CCCO)C(=O)N(C)[C@@H]([C@H](C)CS(C)(=O)=O)C(=O)C[C@@H](C(C)C)C(=O)N(C)[C@@H](CC(C)C)C(=O)C[C@@H](C)C(=O)C[C@H](C)C(=O)N(C)[C@@H](CC(C)C)C(=O)N(C)[C@@H](CC(C)C)C(=O)N(C)[C@@H](C(C)C)C(=O)N1C. The highest BCUT2D eigenvalue weighted by Crippen LogP contribution is 2.30. The molecule has 0 aromatic rings. The molecule has 24 heteroatoms. The number of sulfone groups is 1. The quantitative estimate of drug-likeness (QED) is 0.138. The highest BCUT2D eigenvalue weighted by atomic mass is 32.2. The maximum Gasteiger partial charge on any atom is 0.246 e. The number of nitrogens with zero attached hydrogens (tertiary/aromatic N) is 7. The molecule has 1 aliphatic rings. The predicted octanol–water partition coefficient (Wildman–Crippen LogP) is 5.32. The topological polar surface area (TPSA) is 297 Å². The lowest BCUT2D eigenvalue weighted by atomic mass is 9.83. The number of nitrogens with one attached hydrogen (secondary N) is 1. The van der Waals surface area contributed by atoms with Crippen molar-refractivity contribution in [3.63, 3.8) is 0 Å². The number of carbonyl (C=O) groups is 11. The van der Waals surface area contributed by atoms with Crippen LogP contribution in [0, 0.1) is 59.2 Å². The lowest BCUT2D eigenvalue weighted by molar-refractivity contribution is -0.157. The first-order valence-electron chi connectivity index (χ1n) is 33.2. The van der Waals surface area contributed by atoms with Crippen molar-refractivity contribution in [3.05, 3.63) is 12.2 Å². The van der Waals surface area contributed by atoms with Crippen LogP contribution in [-0.2, 0) is 62.6 Å². The summed E-state index contributed by atoms with van der Waals surface area (Å²) in [5, 5.41) is 25.1. The molecule has 0 aromatic heterocycles. The molecule has 0 spiro atoms. The zero-order valence-electron chi connectivity index (χ0n) is 60.4. The van der Waals surface area contributed by atoms with E-state index in [9.17, 15) is 42.6 Å². The average Bonchev–Trinajstić information content (AvgIpc) is 0.821. The van der Waals surface area contributed by atoms with Crippen LogP contribution < -0.4 is 5.32 Å². The molecule has 0 aliphatic carbocycles. The standard InChI is InChI=1S/C68H120N8O15S/c1-25-27-29-44(13)60(81)59-61(82)69-49(26-2)64(85)70(17)50(30-28-31-77)65(86)75(22)58(47(16)38-92(24,90)91)56(80)37-48(42(9)10)63(84)71(18)51(32-39(3)4)55(79)35-45(14)54(78)36-46(15)62(83)72(19)52(33-40(5)6)66(87)73(20)53(34-41(7)8)67(88)74(21)57(43(11)12)68(89)76(59)23/h25,27,39-53,57-60,77,81H,26,28-38H2,1-24H3,(H,69,82)/b27-25+/t44-,45-,46+,47-,48+,49+,50-,51+,52+,53+,57+,58+,59?,60-/m1/s1. The number of amides is 8. The molecule has 1 aliphatic heterocycles. The number of allylic oxidation sites excluding steroid dienone is 2. The highest BCUT2D eigenvalue weighted by Gasteiger charge is 2.47. The van der Waals surface area contributed by atoms with Crippen LogP contribution in [-0.4, -0.2) is 240 Å². The normalized spacial score (nSPS) is 27.3. The van der Waals surface area contributed by atoms with Gasteiger partial charge in [0.2, 0.25) is 47.3 Å². The van der Waals surface area contributed by atoms with Gasteiger partial charge in [0, 0.05) is 99.2 Å². The fraction of sp³-hybridized carbons (Fsp3) is 0.809. The van der Waals surface area contributed by atoms with E-state index in [-0.39, 0.29) is 75.5 Å². The van der Waals surface area contributed by atoms with E-state index >= 15 is 28.8 Å². The lowest BCUT2D eigenvalue weighted by Gasteiger charge is -2.41. The Morgan fingerprint density at radius 1 is 0.522 bits per heavy atom. The number of likely N-dealkylation sites (N-methyl/N-ethyl adjacent to an activating group) is 7. The number of aliphatic hydroxyl groups is 2. The summed E-state index contributed by atoms with van der Waals surface area (Å²) >= 11 is 0. The van der Waals surface area contributed by atoms with Gasteiger partial charge in [0.15, 0.2) is 11.6 Å². The molecule has 3 N–H and O–H groups in total. The third kappa shape index (κ3) is 23.7. The van der Waals surface area contributed by atoms with Gasteiger partial charge in [0.1, 0.15) is 51.9 Å². The van der Waals surface area contributed by atoms with Gasteiger partial charge in [-0.2, -0.15) is 0 Å². The summed E-state index contributed by atoms with van der Waals surface area (Å²) in [6.45, 7) is 27.3. The van der Waals surface area contributed by atoms with Crippen molar-refractivity contribution in [2.75, 3.05) is 67.9 Å². The summed E-state index contributed by atoms with van der Waals surface area (Å²) in [7, 11) is 5.92. The molecule has 0 aromatic carbocycles.